The highest BCUT2D eigenvalue weighted by Crippen LogP contribution is 2.21. The zero-order valence-electron chi connectivity index (χ0n) is 8.60. The van der Waals surface area contributed by atoms with Gasteiger partial charge in [-0.25, -0.2) is 0 Å². The van der Waals surface area contributed by atoms with Gasteiger partial charge in [-0.05, 0) is 25.7 Å². The monoisotopic (exact) mass is 181 g/mol. The van der Waals surface area contributed by atoms with E-state index in [9.17, 15) is 4.79 Å². The molecule has 1 aliphatic heterocycles. The van der Waals surface area contributed by atoms with E-state index in [2.05, 4.69) is 25.2 Å². The Bertz CT molecular complexity index is 208. The molecular formula is C11H19NO. The highest BCUT2D eigenvalue weighted by Gasteiger charge is 2.24. The van der Waals surface area contributed by atoms with Gasteiger partial charge in [0.05, 0.1) is 0 Å². The molecule has 1 saturated heterocycles. The first-order chi connectivity index (χ1) is 6.27. The highest BCUT2D eigenvalue weighted by molar-refractivity contribution is 5.80. The van der Waals surface area contributed by atoms with Crippen molar-refractivity contribution < 1.29 is 4.79 Å². The molecule has 0 aromatic carbocycles. The topological polar surface area (TPSA) is 29.1 Å². The van der Waals surface area contributed by atoms with E-state index >= 15 is 0 Å². The molecule has 1 fully saturated rings. The normalized spacial score (nSPS) is 23.4. The molecule has 1 heterocycles. The minimum Gasteiger partial charge on any atom is -0.356 e. The molecule has 0 aliphatic carbocycles. The van der Waals surface area contributed by atoms with Crippen LogP contribution in [0, 0.1) is 5.92 Å². The van der Waals surface area contributed by atoms with Crippen LogP contribution in [0.1, 0.15) is 39.5 Å². The molecule has 0 aromatic heterocycles. The van der Waals surface area contributed by atoms with Crippen LogP contribution in [-0.4, -0.2) is 12.5 Å². The SMILES string of the molecule is CC/C=C(\CC)CC1CCNC1=O. The molecule has 2 nitrogen and oxygen atoms in total. The van der Waals surface area contributed by atoms with E-state index in [0.717, 1.165) is 32.2 Å². The molecule has 0 bridgehead atoms. The van der Waals surface area contributed by atoms with Crippen LogP contribution in [0.25, 0.3) is 0 Å². The van der Waals surface area contributed by atoms with Crippen LogP contribution in [0.5, 0.6) is 0 Å². The molecule has 0 saturated carbocycles. The predicted molar refractivity (Wildman–Crippen MR) is 54.4 cm³/mol. The number of rotatable bonds is 4. The van der Waals surface area contributed by atoms with Crippen molar-refractivity contribution in [1.82, 2.24) is 5.32 Å². The fourth-order valence-electron chi connectivity index (χ4n) is 1.82. The Balaban J connectivity index is 2.46. The zero-order chi connectivity index (χ0) is 9.68. The Morgan fingerprint density at radius 1 is 1.62 bits per heavy atom. The minimum atomic E-state index is 0.246. The standard InChI is InChI=1S/C11H19NO/c1-3-5-9(4-2)8-10-6-7-12-11(10)13/h5,10H,3-4,6-8H2,1-2H3,(H,12,13)/b9-5+. The number of allylic oxidation sites excluding steroid dienone is 2. The second kappa shape index (κ2) is 5.05. The summed E-state index contributed by atoms with van der Waals surface area (Å²) in [7, 11) is 0. The van der Waals surface area contributed by atoms with Crippen molar-refractivity contribution in [3.05, 3.63) is 11.6 Å². The fourth-order valence-corrected chi connectivity index (χ4v) is 1.82. The first-order valence-electron chi connectivity index (χ1n) is 5.23. The first-order valence-corrected chi connectivity index (χ1v) is 5.23. The van der Waals surface area contributed by atoms with Gasteiger partial charge in [-0.3, -0.25) is 4.79 Å². The van der Waals surface area contributed by atoms with Gasteiger partial charge >= 0.3 is 0 Å². The van der Waals surface area contributed by atoms with Crippen LogP contribution in [0.15, 0.2) is 11.6 Å². The molecular weight excluding hydrogens is 162 g/mol. The van der Waals surface area contributed by atoms with Crippen molar-refractivity contribution in [2.45, 2.75) is 39.5 Å². The van der Waals surface area contributed by atoms with E-state index in [1.807, 2.05) is 0 Å². The number of nitrogens with one attached hydrogen (secondary N) is 1. The van der Waals surface area contributed by atoms with Crippen molar-refractivity contribution in [3.8, 4) is 0 Å². The highest BCUT2D eigenvalue weighted by atomic mass is 16.2. The molecule has 1 unspecified atom stereocenters. The van der Waals surface area contributed by atoms with E-state index in [0.29, 0.717) is 0 Å². The Hall–Kier alpha value is -0.790. The summed E-state index contributed by atoms with van der Waals surface area (Å²) in [6.07, 6.45) is 6.40. The Morgan fingerprint density at radius 3 is 2.85 bits per heavy atom. The van der Waals surface area contributed by atoms with Gasteiger partial charge in [-0.15, -0.1) is 0 Å². The van der Waals surface area contributed by atoms with Crippen molar-refractivity contribution in [2.75, 3.05) is 6.54 Å². The number of amides is 1. The Kier molecular flexibility index (Phi) is 4.00. The number of hydrogen-bond donors (Lipinski definition) is 1. The minimum absolute atomic E-state index is 0.246. The Morgan fingerprint density at radius 2 is 2.38 bits per heavy atom. The third-order valence-corrected chi connectivity index (χ3v) is 2.62. The van der Waals surface area contributed by atoms with Gasteiger partial charge in [0.15, 0.2) is 0 Å². The summed E-state index contributed by atoms with van der Waals surface area (Å²) in [6.45, 7) is 5.17. The van der Waals surface area contributed by atoms with Crippen molar-refractivity contribution in [2.24, 2.45) is 5.92 Å². The molecule has 13 heavy (non-hydrogen) atoms. The van der Waals surface area contributed by atoms with Gasteiger partial charge in [0.1, 0.15) is 0 Å². The summed E-state index contributed by atoms with van der Waals surface area (Å²) in [5.41, 5.74) is 1.43. The van der Waals surface area contributed by atoms with E-state index in [1.165, 1.54) is 5.57 Å². The summed E-state index contributed by atoms with van der Waals surface area (Å²) in [5.74, 6) is 0.494. The molecule has 2 heteroatoms. The van der Waals surface area contributed by atoms with Crippen molar-refractivity contribution in [3.63, 3.8) is 0 Å². The van der Waals surface area contributed by atoms with Gasteiger partial charge in [0, 0.05) is 12.5 Å². The van der Waals surface area contributed by atoms with Gasteiger partial charge < -0.3 is 5.32 Å². The molecule has 0 radical (unpaired) electrons. The first kappa shape index (κ1) is 10.3. The van der Waals surface area contributed by atoms with E-state index in [1.54, 1.807) is 0 Å². The van der Waals surface area contributed by atoms with Crippen LogP contribution in [0.3, 0.4) is 0 Å². The summed E-state index contributed by atoms with van der Waals surface area (Å²) in [4.78, 5) is 11.3. The second-order valence-corrected chi connectivity index (χ2v) is 3.60. The maximum absolute atomic E-state index is 11.3. The van der Waals surface area contributed by atoms with Crippen LogP contribution >= 0.6 is 0 Å². The van der Waals surface area contributed by atoms with Gasteiger partial charge in [0.25, 0.3) is 0 Å². The number of hydrogen-bond acceptors (Lipinski definition) is 1. The molecule has 1 amide bonds. The van der Waals surface area contributed by atoms with E-state index in [-0.39, 0.29) is 11.8 Å². The van der Waals surface area contributed by atoms with Crippen molar-refractivity contribution >= 4 is 5.91 Å². The van der Waals surface area contributed by atoms with Crippen LogP contribution in [-0.2, 0) is 4.79 Å². The molecule has 1 rings (SSSR count). The van der Waals surface area contributed by atoms with Crippen LogP contribution in [0.2, 0.25) is 0 Å². The molecule has 1 aliphatic rings. The number of carbonyl (C=O) groups excluding carboxylic acids is 1. The number of carbonyl (C=O) groups is 1. The maximum Gasteiger partial charge on any atom is 0.223 e. The van der Waals surface area contributed by atoms with Gasteiger partial charge in [0.2, 0.25) is 5.91 Å². The maximum atomic E-state index is 11.3. The summed E-state index contributed by atoms with van der Waals surface area (Å²) in [5, 5.41) is 2.87. The summed E-state index contributed by atoms with van der Waals surface area (Å²) >= 11 is 0. The second-order valence-electron chi connectivity index (χ2n) is 3.60. The quantitative estimate of drug-likeness (QED) is 0.662. The van der Waals surface area contributed by atoms with Crippen LogP contribution < -0.4 is 5.32 Å². The molecule has 0 aromatic rings. The molecule has 1 atom stereocenters. The third kappa shape index (κ3) is 2.87. The zero-order valence-corrected chi connectivity index (χ0v) is 8.60. The largest absolute Gasteiger partial charge is 0.356 e. The Labute approximate surface area is 80.4 Å². The predicted octanol–water partition coefficient (Wildman–Crippen LogP) is 2.26. The molecule has 0 spiro atoms. The third-order valence-electron chi connectivity index (χ3n) is 2.62. The smallest absolute Gasteiger partial charge is 0.223 e. The lowest BCUT2D eigenvalue weighted by molar-refractivity contribution is -0.122. The lowest BCUT2D eigenvalue weighted by Gasteiger charge is -2.08. The van der Waals surface area contributed by atoms with E-state index < -0.39 is 0 Å². The average molecular weight is 181 g/mol. The average Bonchev–Trinajstić information content (AvgIpc) is 2.51. The van der Waals surface area contributed by atoms with Crippen molar-refractivity contribution in [1.29, 1.82) is 0 Å². The van der Waals surface area contributed by atoms with Gasteiger partial charge in [-0.2, -0.15) is 0 Å². The summed E-state index contributed by atoms with van der Waals surface area (Å²) in [6, 6.07) is 0. The molecule has 1 N–H and O–H groups in total. The van der Waals surface area contributed by atoms with Gasteiger partial charge in [-0.1, -0.05) is 25.5 Å². The van der Waals surface area contributed by atoms with E-state index in [4.69, 9.17) is 0 Å². The lowest BCUT2D eigenvalue weighted by Crippen LogP contribution is -2.19. The lowest BCUT2D eigenvalue weighted by atomic mass is 9.96. The summed E-state index contributed by atoms with van der Waals surface area (Å²) < 4.78 is 0. The molecule has 74 valence electrons. The fraction of sp³-hybridized carbons (Fsp3) is 0.727. The van der Waals surface area contributed by atoms with Crippen LogP contribution in [0.4, 0.5) is 0 Å².